The molecule has 0 aromatic carbocycles. The molecule has 1 atom stereocenters. The van der Waals surface area contributed by atoms with Crippen molar-refractivity contribution in [3.8, 4) is 0 Å². The van der Waals surface area contributed by atoms with Crippen LogP contribution in [0, 0.1) is 0 Å². The number of hydrogen-bond donors (Lipinski definition) is 1. The van der Waals surface area contributed by atoms with E-state index in [-0.39, 0.29) is 14.7 Å². The van der Waals surface area contributed by atoms with E-state index in [4.69, 9.17) is 4.74 Å². The van der Waals surface area contributed by atoms with Crippen molar-refractivity contribution in [3.05, 3.63) is 0 Å². The standard InChI is InChI=1S/C7H16OSSi/c1-10-7(6-9)4-2-3-5-8-7/h9H,2-6,10H2,1H3. The van der Waals surface area contributed by atoms with Gasteiger partial charge in [0.25, 0.3) is 0 Å². The maximum absolute atomic E-state index is 5.75. The van der Waals surface area contributed by atoms with Gasteiger partial charge in [0.15, 0.2) is 0 Å². The summed E-state index contributed by atoms with van der Waals surface area (Å²) in [5, 5.41) is 0.265. The highest BCUT2D eigenvalue weighted by Gasteiger charge is 2.29. The zero-order chi connectivity index (χ0) is 7.45. The van der Waals surface area contributed by atoms with E-state index in [1.54, 1.807) is 0 Å². The van der Waals surface area contributed by atoms with Gasteiger partial charge >= 0.3 is 0 Å². The van der Waals surface area contributed by atoms with Crippen molar-refractivity contribution in [1.29, 1.82) is 0 Å². The fourth-order valence-corrected chi connectivity index (χ4v) is 3.52. The van der Waals surface area contributed by atoms with Gasteiger partial charge in [-0.3, -0.25) is 0 Å². The molecule has 0 bridgehead atoms. The molecular formula is C7H16OSSi. The molecule has 1 rings (SSSR count). The fraction of sp³-hybridized carbons (Fsp3) is 1.00. The molecule has 0 aromatic heterocycles. The molecular weight excluding hydrogens is 160 g/mol. The molecule has 0 N–H and O–H groups in total. The van der Waals surface area contributed by atoms with E-state index in [1.807, 2.05) is 0 Å². The van der Waals surface area contributed by atoms with Crippen LogP contribution < -0.4 is 0 Å². The summed E-state index contributed by atoms with van der Waals surface area (Å²) in [4.78, 5) is 0. The lowest BCUT2D eigenvalue weighted by atomic mass is 10.1. The topological polar surface area (TPSA) is 9.23 Å². The molecule has 1 heterocycles. The van der Waals surface area contributed by atoms with Gasteiger partial charge in [0.2, 0.25) is 0 Å². The molecule has 1 fully saturated rings. The first kappa shape index (κ1) is 8.62. The SMILES string of the molecule is C[SiH2]C1(CS)CCCCO1. The molecule has 0 saturated carbocycles. The molecule has 0 amide bonds. The highest BCUT2D eigenvalue weighted by Crippen LogP contribution is 2.24. The summed E-state index contributed by atoms with van der Waals surface area (Å²) in [5.74, 6) is 0.940. The molecule has 1 unspecified atom stereocenters. The molecule has 0 radical (unpaired) electrons. The first-order chi connectivity index (χ1) is 4.83. The van der Waals surface area contributed by atoms with Crippen LogP contribution in [0.1, 0.15) is 19.3 Å². The van der Waals surface area contributed by atoms with Gasteiger partial charge in [-0.1, -0.05) is 6.55 Å². The summed E-state index contributed by atoms with van der Waals surface area (Å²) in [6.45, 7) is 3.29. The van der Waals surface area contributed by atoms with Crippen LogP contribution in [0.3, 0.4) is 0 Å². The number of thiol groups is 1. The Kier molecular flexibility index (Phi) is 3.26. The van der Waals surface area contributed by atoms with Crippen LogP contribution in [0.15, 0.2) is 0 Å². The van der Waals surface area contributed by atoms with E-state index < -0.39 is 0 Å². The van der Waals surface area contributed by atoms with Crippen LogP contribution in [-0.2, 0) is 4.74 Å². The van der Waals surface area contributed by atoms with E-state index in [0.717, 1.165) is 12.4 Å². The van der Waals surface area contributed by atoms with Crippen LogP contribution in [0.5, 0.6) is 0 Å². The Bertz CT molecular complexity index is 95.8. The van der Waals surface area contributed by atoms with Crippen LogP contribution in [-0.4, -0.2) is 27.1 Å². The summed E-state index contributed by atoms with van der Waals surface area (Å²) in [7, 11) is -0.0373. The third-order valence-electron chi connectivity index (χ3n) is 2.37. The minimum atomic E-state index is -0.0373. The molecule has 3 heteroatoms. The van der Waals surface area contributed by atoms with Gasteiger partial charge < -0.3 is 4.74 Å². The van der Waals surface area contributed by atoms with Crippen LogP contribution >= 0.6 is 12.6 Å². The highest BCUT2D eigenvalue weighted by atomic mass is 32.1. The molecule has 1 aliphatic rings. The quantitative estimate of drug-likeness (QED) is 0.488. The van der Waals surface area contributed by atoms with Gasteiger partial charge in [-0.25, -0.2) is 0 Å². The smallest absolute Gasteiger partial charge is 0.0603 e. The molecule has 0 aromatic rings. The van der Waals surface area contributed by atoms with E-state index >= 15 is 0 Å². The van der Waals surface area contributed by atoms with Crippen LogP contribution in [0.25, 0.3) is 0 Å². The Morgan fingerprint density at radius 2 is 2.40 bits per heavy atom. The second-order valence-electron chi connectivity index (χ2n) is 3.00. The Morgan fingerprint density at radius 1 is 1.60 bits per heavy atom. The van der Waals surface area contributed by atoms with Gasteiger partial charge in [-0.15, -0.1) is 0 Å². The summed E-state index contributed by atoms with van der Waals surface area (Å²) in [6, 6.07) is 0. The first-order valence-corrected chi connectivity index (χ1v) is 6.83. The Morgan fingerprint density at radius 3 is 2.70 bits per heavy atom. The van der Waals surface area contributed by atoms with Gasteiger partial charge in [0.1, 0.15) is 0 Å². The van der Waals surface area contributed by atoms with Crippen molar-refractivity contribution in [2.24, 2.45) is 0 Å². The Balaban J connectivity index is 2.44. The highest BCUT2D eigenvalue weighted by molar-refractivity contribution is 7.80. The minimum absolute atomic E-state index is 0.0373. The van der Waals surface area contributed by atoms with Crippen molar-refractivity contribution in [1.82, 2.24) is 0 Å². The van der Waals surface area contributed by atoms with Crippen molar-refractivity contribution < 1.29 is 4.74 Å². The summed E-state index contributed by atoms with van der Waals surface area (Å²) < 4.78 is 5.75. The molecule has 60 valence electrons. The van der Waals surface area contributed by atoms with Gasteiger partial charge in [-0.2, -0.15) is 12.6 Å². The minimum Gasteiger partial charge on any atom is -0.378 e. The lowest BCUT2D eigenvalue weighted by Gasteiger charge is -2.35. The van der Waals surface area contributed by atoms with Crippen molar-refractivity contribution in [3.63, 3.8) is 0 Å². The maximum atomic E-state index is 5.75. The lowest BCUT2D eigenvalue weighted by molar-refractivity contribution is -0.00320. The van der Waals surface area contributed by atoms with Crippen LogP contribution in [0.2, 0.25) is 6.55 Å². The molecule has 0 spiro atoms. The van der Waals surface area contributed by atoms with Crippen molar-refractivity contribution >= 4 is 22.1 Å². The molecule has 1 saturated heterocycles. The second-order valence-corrected chi connectivity index (χ2v) is 5.31. The molecule has 0 aliphatic carbocycles. The predicted molar refractivity (Wildman–Crippen MR) is 50.8 cm³/mol. The number of hydrogen-bond acceptors (Lipinski definition) is 2. The largest absolute Gasteiger partial charge is 0.378 e. The zero-order valence-corrected chi connectivity index (χ0v) is 8.91. The average molecular weight is 176 g/mol. The zero-order valence-electron chi connectivity index (χ0n) is 6.60. The van der Waals surface area contributed by atoms with Gasteiger partial charge in [0.05, 0.1) is 14.7 Å². The monoisotopic (exact) mass is 176 g/mol. The van der Waals surface area contributed by atoms with E-state index in [0.29, 0.717) is 0 Å². The molecule has 1 aliphatic heterocycles. The van der Waals surface area contributed by atoms with Gasteiger partial charge in [0, 0.05) is 12.4 Å². The summed E-state index contributed by atoms with van der Waals surface area (Å²) >= 11 is 4.34. The summed E-state index contributed by atoms with van der Waals surface area (Å²) in [6.07, 6.45) is 3.87. The average Bonchev–Trinajstić information content (AvgIpc) is 2.06. The van der Waals surface area contributed by atoms with Crippen LogP contribution in [0.4, 0.5) is 0 Å². The third-order valence-corrected chi connectivity index (χ3v) is 5.46. The maximum Gasteiger partial charge on any atom is 0.0603 e. The second kappa shape index (κ2) is 3.79. The predicted octanol–water partition coefficient (Wildman–Crippen LogP) is 1.03. The first-order valence-electron chi connectivity index (χ1n) is 4.08. The van der Waals surface area contributed by atoms with Crippen molar-refractivity contribution in [2.45, 2.75) is 31.0 Å². The fourth-order valence-electron chi connectivity index (χ4n) is 1.43. The van der Waals surface area contributed by atoms with E-state index in [2.05, 4.69) is 19.2 Å². The van der Waals surface area contributed by atoms with E-state index in [9.17, 15) is 0 Å². The Labute approximate surface area is 70.8 Å². The lowest BCUT2D eigenvalue weighted by Crippen LogP contribution is -2.42. The normalized spacial score (nSPS) is 35.4. The molecule has 1 nitrogen and oxygen atoms in total. The van der Waals surface area contributed by atoms with Gasteiger partial charge in [-0.05, 0) is 19.3 Å². The number of rotatable bonds is 2. The third kappa shape index (κ3) is 1.77. The number of ether oxygens (including phenoxy) is 1. The Hall–Kier alpha value is 0.527. The summed E-state index contributed by atoms with van der Waals surface area (Å²) in [5.41, 5.74) is 0. The molecule has 10 heavy (non-hydrogen) atoms. The van der Waals surface area contributed by atoms with Crippen molar-refractivity contribution in [2.75, 3.05) is 12.4 Å². The van der Waals surface area contributed by atoms with E-state index in [1.165, 1.54) is 19.3 Å².